The normalized spacial score (nSPS) is 18.1. The number of ether oxygens (including phenoxy) is 2. The number of hydrogen-bond acceptors (Lipinski definition) is 6. The van der Waals surface area contributed by atoms with E-state index >= 15 is 0 Å². The highest BCUT2D eigenvalue weighted by atomic mass is 19.1. The van der Waals surface area contributed by atoms with Gasteiger partial charge in [-0.3, -0.25) is 4.79 Å². The average molecular weight is 395 g/mol. The second kappa shape index (κ2) is 7.20. The van der Waals surface area contributed by atoms with Gasteiger partial charge in [-0.05, 0) is 43.2 Å². The molecule has 2 aliphatic heterocycles. The molecule has 2 aliphatic rings. The molecule has 8 heteroatoms. The van der Waals surface area contributed by atoms with Gasteiger partial charge >= 0.3 is 0 Å². The fourth-order valence-electron chi connectivity index (χ4n) is 3.71. The first-order chi connectivity index (χ1) is 14.2. The summed E-state index contributed by atoms with van der Waals surface area (Å²) in [5.41, 5.74) is 0.822. The molecule has 7 nitrogen and oxygen atoms in total. The van der Waals surface area contributed by atoms with E-state index in [1.165, 1.54) is 12.1 Å². The van der Waals surface area contributed by atoms with Gasteiger partial charge in [0.1, 0.15) is 5.82 Å². The van der Waals surface area contributed by atoms with Gasteiger partial charge < -0.3 is 18.8 Å². The highest BCUT2D eigenvalue weighted by molar-refractivity contribution is 5.94. The van der Waals surface area contributed by atoms with E-state index < -0.39 is 5.82 Å². The lowest BCUT2D eigenvalue weighted by molar-refractivity contribution is 0.0693. The van der Waals surface area contributed by atoms with Crippen molar-refractivity contribution in [2.24, 2.45) is 0 Å². The maximum absolute atomic E-state index is 14.0. The van der Waals surface area contributed by atoms with Crippen molar-refractivity contribution < 1.29 is 23.1 Å². The minimum atomic E-state index is -0.512. The Balaban J connectivity index is 1.34. The summed E-state index contributed by atoms with van der Waals surface area (Å²) in [5, 5.41) is 8.35. The number of carbonyl (C=O) groups excluding carboxylic acids is 1. The van der Waals surface area contributed by atoms with E-state index in [1.807, 2.05) is 6.07 Å². The quantitative estimate of drug-likeness (QED) is 0.674. The van der Waals surface area contributed by atoms with Gasteiger partial charge in [0.2, 0.25) is 18.6 Å². The van der Waals surface area contributed by atoms with Crippen LogP contribution in [0.25, 0.3) is 11.5 Å². The van der Waals surface area contributed by atoms with Crippen LogP contribution in [0.2, 0.25) is 0 Å². The third-order valence-electron chi connectivity index (χ3n) is 5.22. The van der Waals surface area contributed by atoms with Crippen molar-refractivity contribution in [2.75, 3.05) is 19.9 Å². The molecular formula is C21H18FN3O4. The Hall–Kier alpha value is -3.42. The summed E-state index contributed by atoms with van der Waals surface area (Å²) in [6, 6.07) is 11.5. The van der Waals surface area contributed by atoms with Crippen LogP contribution in [0.5, 0.6) is 11.5 Å². The molecule has 1 amide bonds. The number of carbonyl (C=O) groups is 1. The van der Waals surface area contributed by atoms with Crippen molar-refractivity contribution in [3.05, 3.63) is 59.7 Å². The molecule has 3 heterocycles. The highest BCUT2D eigenvalue weighted by Crippen LogP contribution is 2.36. The lowest BCUT2D eigenvalue weighted by Gasteiger charge is -2.31. The minimum absolute atomic E-state index is 0.0831. The summed E-state index contributed by atoms with van der Waals surface area (Å²) in [6.45, 7) is 1.19. The van der Waals surface area contributed by atoms with E-state index in [0.717, 1.165) is 18.4 Å². The van der Waals surface area contributed by atoms with Crippen LogP contribution in [0.4, 0.5) is 4.39 Å². The number of piperidine rings is 1. The molecule has 1 aromatic heterocycles. The molecule has 2 aromatic carbocycles. The molecule has 0 aliphatic carbocycles. The van der Waals surface area contributed by atoms with Crippen LogP contribution in [-0.2, 0) is 0 Å². The van der Waals surface area contributed by atoms with Crippen molar-refractivity contribution in [2.45, 2.75) is 18.8 Å². The Morgan fingerprint density at radius 3 is 2.86 bits per heavy atom. The van der Waals surface area contributed by atoms with Gasteiger partial charge in [0.05, 0.1) is 11.5 Å². The Morgan fingerprint density at radius 1 is 1.10 bits per heavy atom. The molecule has 29 heavy (non-hydrogen) atoms. The van der Waals surface area contributed by atoms with Gasteiger partial charge in [0.25, 0.3) is 5.91 Å². The number of likely N-dealkylation sites (tertiary alicyclic amines) is 1. The number of benzene rings is 2. The molecule has 1 fully saturated rings. The second-order valence-corrected chi connectivity index (χ2v) is 7.08. The molecule has 148 valence electrons. The fourth-order valence-corrected chi connectivity index (χ4v) is 3.71. The molecule has 5 rings (SSSR count). The number of amides is 1. The Bertz CT molecular complexity index is 1070. The van der Waals surface area contributed by atoms with Crippen LogP contribution >= 0.6 is 0 Å². The van der Waals surface area contributed by atoms with Crippen LogP contribution in [-0.4, -0.2) is 40.9 Å². The van der Waals surface area contributed by atoms with Crippen LogP contribution in [0, 0.1) is 5.82 Å². The van der Waals surface area contributed by atoms with Crippen molar-refractivity contribution in [3.8, 4) is 23.0 Å². The Morgan fingerprint density at radius 2 is 1.97 bits per heavy atom. The van der Waals surface area contributed by atoms with Crippen molar-refractivity contribution in [1.29, 1.82) is 0 Å². The van der Waals surface area contributed by atoms with E-state index in [-0.39, 0.29) is 24.2 Å². The first-order valence-electron chi connectivity index (χ1n) is 9.46. The van der Waals surface area contributed by atoms with E-state index in [4.69, 9.17) is 13.9 Å². The van der Waals surface area contributed by atoms with Crippen LogP contribution in [0.1, 0.15) is 35.0 Å². The van der Waals surface area contributed by atoms with Gasteiger partial charge in [0.15, 0.2) is 11.5 Å². The molecule has 0 bridgehead atoms. The summed E-state index contributed by atoms with van der Waals surface area (Å²) >= 11 is 0. The summed E-state index contributed by atoms with van der Waals surface area (Å²) in [5.74, 6) is 1.27. The topological polar surface area (TPSA) is 77.7 Å². The number of nitrogens with zero attached hydrogens (tertiary/aromatic N) is 3. The van der Waals surface area contributed by atoms with Crippen molar-refractivity contribution in [3.63, 3.8) is 0 Å². The van der Waals surface area contributed by atoms with Crippen molar-refractivity contribution in [1.82, 2.24) is 15.1 Å². The standard InChI is InChI=1S/C21H18FN3O4/c22-16-6-2-1-5-15(16)21(26)25-9-3-4-14(11-25)20-24-23-19(29-20)13-7-8-17-18(10-13)28-12-27-17/h1-2,5-8,10,14H,3-4,9,11-12H2. The minimum Gasteiger partial charge on any atom is -0.454 e. The van der Waals surface area contributed by atoms with E-state index in [2.05, 4.69) is 10.2 Å². The molecule has 0 radical (unpaired) electrons. The van der Waals surface area contributed by atoms with Gasteiger partial charge in [-0.15, -0.1) is 10.2 Å². The zero-order valence-corrected chi connectivity index (χ0v) is 15.5. The molecule has 0 saturated carbocycles. The molecule has 0 N–H and O–H groups in total. The third kappa shape index (κ3) is 3.30. The number of aromatic nitrogens is 2. The van der Waals surface area contributed by atoms with Gasteiger partial charge in [-0.1, -0.05) is 12.1 Å². The molecule has 0 spiro atoms. The number of rotatable bonds is 3. The zero-order valence-electron chi connectivity index (χ0n) is 15.5. The Kier molecular flexibility index (Phi) is 4.38. The maximum Gasteiger partial charge on any atom is 0.256 e. The average Bonchev–Trinajstić information content (AvgIpc) is 3.43. The molecule has 1 unspecified atom stereocenters. The number of fused-ring (bicyclic) bond motifs is 1. The third-order valence-corrected chi connectivity index (χ3v) is 5.22. The fraction of sp³-hybridized carbons (Fsp3) is 0.286. The largest absolute Gasteiger partial charge is 0.454 e. The first-order valence-corrected chi connectivity index (χ1v) is 9.46. The Labute approximate surface area is 166 Å². The molecular weight excluding hydrogens is 377 g/mol. The van der Waals surface area contributed by atoms with Crippen molar-refractivity contribution >= 4 is 5.91 Å². The SMILES string of the molecule is O=C(c1ccccc1F)N1CCCC(c2nnc(-c3ccc4c(c3)OCO4)o2)C1. The number of hydrogen-bond donors (Lipinski definition) is 0. The smallest absolute Gasteiger partial charge is 0.256 e. The highest BCUT2D eigenvalue weighted by Gasteiger charge is 2.30. The van der Waals surface area contributed by atoms with E-state index in [9.17, 15) is 9.18 Å². The van der Waals surface area contributed by atoms with Gasteiger partial charge in [-0.2, -0.15) is 0 Å². The second-order valence-electron chi connectivity index (χ2n) is 7.08. The van der Waals surface area contributed by atoms with Gasteiger partial charge in [-0.25, -0.2) is 4.39 Å². The van der Waals surface area contributed by atoms with E-state index in [0.29, 0.717) is 36.4 Å². The summed E-state index contributed by atoms with van der Waals surface area (Å²) in [6.07, 6.45) is 1.61. The lowest BCUT2D eigenvalue weighted by Crippen LogP contribution is -2.39. The van der Waals surface area contributed by atoms with Crippen LogP contribution < -0.4 is 9.47 Å². The predicted octanol–water partition coefficient (Wildman–Crippen LogP) is 3.62. The maximum atomic E-state index is 14.0. The molecule has 1 saturated heterocycles. The monoisotopic (exact) mass is 395 g/mol. The van der Waals surface area contributed by atoms with Gasteiger partial charge in [0, 0.05) is 18.7 Å². The zero-order chi connectivity index (χ0) is 19.8. The molecule has 1 atom stereocenters. The summed E-state index contributed by atoms with van der Waals surface area (Å²) in [7, 11) is 0. The predicted molar refractivity (Wildman–Crippen MR) is 100 cm³/mol. The first kappa shape index (κ1) is 17.7. The van der Waals surface area contributed by atoms with Crippen LogP contribution in [0.15, 0.2) is 46.9 Å². The van der Waals surface area contributed by atoms with E-state index in [1.54, 1.807) is 29.2 Å². The molecule has 3 aromatic rings. The summed E-state index contributed by atoms with van der Waals surface area (Å²) in [4.78, 5) is 14.4. The number of halogens is 1. The summed E-state index contributed by atoms with van der Waals surface area (Å²) < 4.78 is 30.6. The lowest BCUT2D eigenvalue weighted by atomic mass is 9.97. The van der Waals surface area contributed by atoms with Crippen LogP contribution in [0.3, 0.4) is 0 Å².